The van der Waals surface area contributed by atoms with Gasteiger partial charge in [0.15, 0.2) is 0 Å². The van der Waals surface area contributed by atoms with Crippen LogP contribution >= 0.6 is 23.2 Å². The smallest absolute Gasteiger partial charge is 0.244 e. The van der Waals surface area contributed by atoms with Crippen LogP contribution in [0, 0.1) is 0 Å². The van der Waals surface area contributed by atoms with E-state index in [1.807, 2.05) is 37.3 Å². The molecular formula is C26H33Cl2N3O4S. The highest BCUT2D eigenvalue weighted by atomic mass is 35.5. The zero-order valence-corrected chi connectivity index (χ0v) is 23.0. The van der Waals surface area contributed by atoms with Crippen LogP contribution in [-0.4, -0.2) is 56.6 Å². The van der Waals surface area contributed by atoms with Crippen molar-refractivity contribution in [3.8, 4) is 0 Å². The van der Waals surface area contributed by atoms with Gasteiger partial charge in [-0.3, -0.25) is 13.9 Å². The Kier molecular flexibility index (Phi) is 10.0. The van der Waals surface area contributed by atoms with Crippen molar-refractivity contribution >= 4 is 50.7 Å². The maximum Gasteiger partial charge on any atom is 0.244 e. The second-order valence-electron chi connectivity index (χ2n) is 9.10. The summed E-state index contributed by atoms with van der Waals surface area (Å²) in [6, 6.07) is 13.5. The number of halogens is 2. The lowest BCUT2D eigenvalue weighted by Crippen LogP contribution is -2.54. The van der Waals surface area contributed by atoms with E-state index in [4.69, 9.17) is 23.2 Å². The van der Waals surface area contributed by atoms with Gasteiger partial charge in [0.1, 0.15) is 12.6 Å². The molecule has 0 saturated heterocycles. The van der Waals surface area contributed by atoms with Crippen molar-refractivity contribution in [3.63, 3.8) is 0 Å². The Bertz CT molecular complexity index is 1160. The van der Waals surface area contributed by atoms with Gasteiger partial charge in [0.2, 0.25) is 21.8 Å². The Balaban J connectivity index is 1.88. The van der Waals surface area contributed by atoms with Gasteiger partial charge in [-0.25, -0.2) is 8.42 Å². The lowest BCUT2D eigenvalue weighted by Gasteiger charge is -2.33. The highest BCUT2D eigenvalue weighted by Gasteiger charge is 2.33. The summed E-state index contributed by atoms with van der Waals surface area (Å²) in [5.74, 6) is -0.683. The maximum atomic E-state index is 13.7. The summed E-state index contributed by atoms with van der Waals surface area (Å²) in [5.41, 5.74) is 1.17. The largest absolute Gasteiger partial charge is 0.352 e. The van der Waals surface area contributed by atoms with Crippen LogP contribution in [-0.2, 0) is 26.0 Å². The van der Waals surface area contributed by atoms with Gasteiger partial charge in [-0.1, -0.05) is 73.3 Å². The minimum absolute atomic E-state index is 0.109. The molecule has 1 unspecified atom stereocenters. The molecule has 2 aromatic carbocycles. The average molecular weight is 555 g/mol. The third-order valence-electron chi connectivity index (χ3n) is 6.43. The Hall–Kier alpha value is -2.29. The van der Waals surface area contributed by atoms with Crippen molar-refractivity contribution in [2.45, 2.75) is 57.5 Å². The topological polar surface area (TPSA) is 86.8 Å². The number of carbonyl (C=O) groups is 2. The van der Waals surface area contributed by atoms with Gasteiger partial charge in [0, 0.05) is 17.6 Å². The summed E-state index contributed by atoms with van der Waals surface area (Å²) in [7, 11) is -3.86. The minimum atomic E-state index is -3.86. The molecule has 0 spiro atoms. The van der Waals surface area contributed by atoms with E-state index in [0.29, 0.717) is 17.9 Å². The summed E-state index contributed by atoms with van der Waals surface area (Å²) < 4.78 is 26.4. The molecule has 1 saturated carbocycles. The molecule has 0 radical (unpaired) electrons. The van der Waals surface area contributed by atoms with Gasteiger partial charge >= 0.3 is 0 Å². The minimum Gasteiger partial charge on any atom is -0.352 e. The number of hydrogen-bond acceptors (Lipinski definition) is 4. The molecule has 0 aromatic heterocycles. The standard InChI is InChI=1S/C26H33Cl2N3O4S/c1-3-23(26(33)29-21-11-7-8-12-21)30(16-15-19-9-5-4-6-10-19)25(32)18-31(36(2,34)35)24-14-13-20(27)17-22(24)28/h4-6,9-10,13-14,17,21,23H,3,7-8,11-12,15-16,18H2,1-2H3,(H,29,33). The Morgan fingerprint density at radius 2 is 1.75 bits per heavy atom. The van der Waals surface area contributed by atoms with Crippen LogP contribution in [0.4, 0.5) is 5.69 Å². The van der Waals surface area contributed by atoms with Gasteiger partial charge in [-0.2, -0.15) is 0 Å². The SMILES string of the molecule is CCC(C(=O)NC1CCCC1)N(CCc1ccccc1)C(=O)CN(c1ccc(Cl)cc1Cl)S(C)(=O)=O. The molecule has 2 amide bonds. The van der Waals surface area contributed by atoms with Crippen LogP contribution in [0.15, 0.2) is 48.5 Å². The number of nitrogens with zero attached hydrogens (tertiary/aromatic N) is 2. The molecule has 1 atom stereocenters. The summed E-state index contributed by atoms with van der Waals surface area (Å²) in [6.45, 7) is 1.64. The highest BCUT2D eigenvalue weighted by Crippen LogP contribution is 2.30. The second kappa shape index (κ2) is 12.8. The van der Waals surface area contributed by atoms with Crippen molar-refractivity contribution in [1.29, 1.82) is 0 Å². The molecule has 7 nitrogen and oxygen atoms in total. The quantitative estimate of drug-likeness (QED) is 0.438. The molecule has 0 aliphatic heterocycles. The lowest BCUT2D eigenvalue weighted by atomic mass is 10.1. The molecule has 1 aliphatic carbocycles. The predicted molar refractivity (Wildman–Crippen MR) is 145 cm³/mol. The van der Waals surface area contributed by atoms with Crippen LogP contribution in [0.5, 0.6) is 0 Å². The van der Waals surface area contributed by atoms with Crippen molar-refractivity contribution < 1.29 is 18.0 Å². The Morgan fingerprint density at radius 1 is 1.08 bits per heavy atom. The van der Waals surface area contributed by atoms with Crippen molar-refractivity contribution in [3.05, 3.63) is 64.1 Å². The number of hydrogen-bond donors (Lipinski definition) is 1. The van der Waals surface area contributed by atoms with Crippen molar-refractivity contribution in [2.24, 2.45) is 0 Å². The van der Waals surface area contributed by atoms with Gasteiger partial charge in [-0.05, 0) is 49.4 Å². The Morgan fingerprint density at radius 3 is 2.33 bits per heavy atom. The average Bonchev–Trinajstić information content (AvgIpc) is 3.33. The second-order valence-corrected chi connectivity index (χ2v) is 11.9. The first kappa shape index (κ1) is 28.3. The number of carbonyl (C=O) groups excluding carboxylic acids is 2. The summed E-state index contributed by atoms with van der Waals surface area (Å²) >= 11 is 12.3. The third kappa shape index (κ3) is 7.60. The van der Waals surface area contributed by atoms with Crippen molar-refractivity contribution in [2.75, 3.05) is 23.7 Å². The molecule has 196 valence electrons. The first-order chi connectivity index (χ1) is 17.1. The van der Waals surface area contributed by atoms with E-state index >= 15 is 0 Å². The first-order valence-electron chi connectivity index (χ1n) is 12.2. The van der Waals surface area contributed by atoms with Crippen LogP contribution < -0.4 is 9.62 Å². The van der Waals surface area contributed by atoms with E-state index in [9.17, 15) is 18.0 Å². The fourth-order valence-electron chi connectivity index (χ4n) is 4.54. The molecule has 0 heterocycles. The molecule has 0 bridgehead atoms. The molecule has 1 N–H and O–H groups in total. The number of nitrogens with one attached hydrogen (secondary N) is 1. The number of sulfonamides is 1. The molecule has 1 fully saturated rings. The predicted octanol–water partition coefficient (Wildman–Crippen LogP) is 4.67. The van der Waals surface area contributed by atoms with Gasteiger partial charge in [0.05, 0.1) is 17.0 Å². The number of anilines is 1. The van der Waals surface area contributed by atoms with Crippen LogP contribution in [0.3, 0.4) is 0 Å². The van der Waals surface area contributed by atoms with Crippen molar-refractivity contribution in [1.82, 2.24) is 10.2 Å². The third-order valence-corrected chi connectivity index (χ3v) is 8.09. The molecule has 1 aliphatic rings. The zero-order valence-electron chi connectivity index (χ0n) is 20.6. The summed E-state index contributed by atoms with van der Waals surface area (Å²) in [6.07, 6.45) is 5.95. The van der Waals surface area contributed by atoms with Crippen LogP contribution in [0.1, 0.15) is 44.6 Å². The maximum absolute atomic E-state index is 13.7. The van der Waals surface area contributed by atoms with Gasteiger partial charge in [0.25, 0.3) is 0 Å². The van der Waals surface area contributed by atoms with Gasteiger partial charge < -0.3 is 10.2 Å². The molecule has 10 heteroatoms. The number of amides is 2. The van der Waals surface area contributed by atoms with E-state index in [1.54, 1.807) is 0 Å². The molecule has 2 aromatic rings. The monoisotopic (exact) mass is 553 g/mol. The first-order valence-corrected chi connectivity index (χ1v) is 14.8. The number of rotatable bonds is 11. The fraction of sp³-hybridized carbons (Fsp3) is 0.462. The Labute approximate surface area is 223 Å². The van der Waals surface area contributed by atoms with Crippen LogP contribution in [0.2, 0.25) is 10.0 Å². The van der Waals surface area contributed by atoms with E-state index in [0.717, 1.165) is 41.8 Å². The molecular weight excluding hydrogens is 521 g/mol. The zero-order chi connectivity index (χ0) is 26.3. The van der Waals surface area contributed by atoms with Crippen LogP contribution in [0.25, 0.3) is 0 Å². The lowest BCUT2D eigenvalue weighted by molar-refractivity contribution is -0.139. The number of benzene rings is 2. The fourth-order valence-corrected chi connectivity index (χ4v) is 5.96. The summed E-state index contributed by atoms with van der Waals surface area (Å²) in [4.78, 5) is 28.4. The molecule has 36 heavy (non-hydrogen) atoms. The van der Waals surface area contributed by atoms with E-state index in [-0.39, 0.29) is 29.2 Å². The van der Waals surface area contributed by atoms with Gasteiger partial charge in [-0.15, -0.1) is 0 Å². The molecule has 3 rings (SSSR count). The van der Waals surface area contributed by atoms with E-state index in [2.05, 4.69) is 5.32 Å². The summed E-state index contributed by atoms with van der Waals surface area (Å²) in [5, 5.41) is 3.56. The van der Waals surface area contributed by atoms with E-state index in [1.165, 1.54) is 23.1 Å². The normalized spacial score (nSPS) is 14.9. The van der Waals surface area contributed by atoms with E-state index < -0.39 is 28.5 Å². The highest BCUT2D eigenvalue weighted by molar-refractivity contribution is 7.92.